The van der Waals surface area contributed by atoms with Gasteiger partial charge >= 0.3 is 0 Å². The molecule has 2 aliphatic heterocycles. The molecule has 28 heavy (non-hydrogen) atoms. The van der Waals surface area contributed by atoms with Crippen LogP contribution in [-0.2, 0) is 4.74 Å². The van der Waals surface area contributed by atoms with Crippen LogP contribution in [0.25, 0.3) is 21.9 Å². The van der Waals surface area contributed by atoms with Gasteiger partial charge in [0.1, 0.15) is 11.2 Å². The maximum absolute atomic E-state index is 6.28. The SMILES string of the molecule is Clc1ccc2c(c1)[C@@H]1OCCC[C@@H]1[C@@H](c1ccc3oc4ccccc4c3c1)N2. The van der Waals surface area contributed by atoms with Crippen LogP contribution in [0.2, 0.25) is 5.02 Å². The van der Waals surface area contributed by atoms with Crippen molar-refractivity contribution >= 4 is 39.2 Å². The third-order valence-corrected chi connectivity index (χ3v) is 6.42. The smallest absolute Gasteiger partial charge is 0.135 e. The van der Waals surface area contributed by atoms with E-state index in [2.05, 4.69) is 47.8 Å². The second kappa shape index (κ2) is 6.26. The maximum atomic E-state index is 6.28. The zero-order chi connectivity index (χ0) is 18.7. The minimum Gasteiger partial charge on any atom is -0.456 e. The third kappa shape index (κ3) is 2.47. The molecule has 0 radical (unpaired) electrons. The molecule has 0 spiro atoms. The maximum Gasteiger partial charge on any atom is 0.135 e. The normalized spacial score (nSPS) is 24.0. The molecule has 1 N–H and O–H groups in total. The summed E-state index contributed by atoms with van der Waals surface area (Å²) in [7, 11) is 0. The third-order valence-electron chi connectivity index (χ3n) is 6.19. The van der Waals surface area contributed by atoms with E-state index < -0.39 is 0 Å². The van der Waals surface area contributed by atoms with Gasteiger partial charge in [-0.2, -0.15) is 0 Å². The molecule has 6 rings (SSSR count). The Morgan fingerprint density at radius 1 is 0.929 bits per heavy atom. The number of furan rings is 1. The van der Waals surface area contributed by atoms with Crippen molar-refractivity contribution < 1.29 is 9.15 Å². The Hall–Kier alpha value is -2.49. The van der Waals surface area contributed by atoms with Crippen molar-refractivity contribution in [3.05, 3.63) is 76.8 Å². The van der Waals surface area contributed by atoms with Crippen LogP contribution in [0.4, 0.5) is 5.69 Å². The minimum absolute atomic E-state index is 0.0884. The first-order chi connectivity index (χ1) is 13.8. The molecule has 3 aromatic carbocycles. The number of para-hydroxylation sites is 1. The van der Waals surface area contributed by atoms with Crippen LogP contribution < -0.4 is 5.32 Å². The van der Waals surface area contributed by atoms with Gasteiger partial charge in [0, 0.05) is 39.6 Å². The number of fused-ring (bicyclic) bond motifs is 6. The molecular weight excluding hydrogens is 370 g/mol. The summed E-state index contributed by atoms with van der Waals surface area (Å²) in [5.74, 6) is 0.385. The Morgan fingerprint density at radius 3 is 2.79 bits per heavy atom. The van der Waals surface area contributed by atoms with Crippen LogP contribution in [0.15, 0.2) is 65.1 Å². The van der Waals surface area contributed by atoms with E-state index in [4.69, 9.17) is 20.8 Å². The molecule has 0 amide bonds. The zero-order valence-corrected chi connectivity index (χ0v) is 16.1. The highest BCUT2D eigenvalue weighted by Gasteiger charge is 2.40. The van der Waals surface area contributed by atoms with Gasteiger partial charge < -0.3 is 14.5 Å². The number of hydrogen-bond acceptors (Lipinski definition) is 3. The zero-order valence-electron chi connectivity index (χ0n) is 15.3. The Balaban J connectivity index is 1.49. The highest BCUT2D eigenvalue weighted by atomic mass is 35.5. The number of anilines is 1. The van der Waals surface area contributed by atoms with Crippen LogP contribution in [0.5, 0.6) is 0 Å². The van der Waals surface area contributed by atoms with Crippen LogP contribution in [-0.4, -0.2) is 6.61 Å². The molecule has 0 aliphatic carbocycles. The lowest BCUT2D eigenvalue weighted by Gasteiger charge is -2.43. The number of rotatable bonds is 1. The van der Waals surface area contributed by atoms with E-state index in [1.54, 1.807) is 0 Å². The van der Waals surface area contributed by atoms with Crippen molar-refractivity contribution in [3.63, 3.8) is 0 Å². The van der Waals surface area contributed by atoms with E-state index in [1.165, 1.54) is 21.9 Å². The molecule has 0 saturated carbocycles. The lowest BCUT2D eigenvalue weighted by atomic mass is 9.77. The number of halogens is 1. The molecule has 2 aliphatic rings. The predicted molar refractivity (Wildman–Crippen MR) is 113 cm³/mol. The molecule has 0 bridgehead atoms. The molecule has 140 valence electrons. The Kier molecular flexibility index (Phi) is 3.68. The van der Waals surface area contributed by atoms with Gasteiger partial charge in [0.15, 0.2) is 0 Å². The first-order valence-electron chi connectivity index (χ1n) is 9.87. The molecule has 4 heteroatoms. The summed E-state index contributed by atoms with van der Waals surface area (Å²) in [6, 6.07) is 21.1. The summed E-state index contributed by atoms with van der Waals surface area (Å²) in [5, 5.41) is 6.87. The minimum atomic E-state index is 0.0884. The van der Waals surface area contributed by atoms with Crippen molar-refractivity contribution in [2.45, 2.75) is 25.0 Å². The monoisotopic (exact) mass is 389 g/mol. The molecular formula is C24H20ClNO2. The van der Waals surface area contributed by atoms with E-state index in [1.807, 2.05) is 18.2 Å². The van der Waals surface area contributed by atoms with Crippen LogP contribution in [0.3, 0.4) is 0 Å². The molecule has 0 unspecified atom stereocenters. The molecule has 4 aromatic rings. The van der Waals surface area contributed by atoms with Gasteiger partial charge in [-0.1, -0.05) is 35.9 Å². The molecule has 1 saturated heterocycles. The Bertz CT molecular complexity index is 1200. The van der Waals surface area contributed by atoms with E-state index in [9.17, 15) is 0 Å². The quantitative estimate of drug-likeness (QED) is 0.385. The van der Waals surface area contributed by atoms with Gasteiger partial charge in [-0.05, 0) is 54.8 Å². The standard InChI is InChI=1S/C24H20ClNO2/c25-15-8-9-20-19(13-15)24-17(5-3-11-27-24)23(26-20)14-7-10-22-18(12-14)16-4-1-2-6-21(16)28-22/h1-2,4,6-10,12-13,17,23-24,26H,3,5,11H2/t17-,23-,24-/m1/s1. The summed E-state index contributed by atoms with van der Waals surface area (Å²) < 4.78 is 12.3. The van der Waals surface area contributed by atoms with E-state index in [-0.39, 0.29) is 12.1 Å². The highest BCUT2D eigenvalue weighted by molar-refractivity contribution is 6.30. The fourth-order valence-corrected chi connectivity index (χ4v) is 5.09. The van der Waals surface area contributed by atoms with Crippen molar-refractivity contribution in [1.29, 1.82) is 0 Å². The predicted octanol–water partition coefficient (Wildman–Crippen LogP) is 6.87. The van der Waals surface area contributed by atoms with Gasteiger partial charge in [0.2, 0.25) is 0 Å². The summed E-state index contributed by atoms with van der Waals surface area (Å²) in [6.07, 6.45) is 2.32. The van der Waals surface area contributed by atoms with Crippen molar-refractivity contribution in [3.8, 4) is 0 Å². The van der Waals surface area contributed by atoms with Crippen LogP contribution >= 0.6 is 11.6 Å². The van der Waals surface area contributed by atoms with Gasteiger partial charge in [-0.25, -0.2) is 0 Å². The molecule has 1 fully saturated rings. The Morgan fingerprint density at radius 2 is 1.82 bits per heavy atom. The van der Waals surface area contributed by atoms with Gasteiger partial charge in [-0.3, -0.25) is 0 Å². The molecule has 3 atom stereocenters. The lowest BCUT2D eigenvalue weighted by Crippen LogP contribution is -2.35. The van der Waals surface area contributed by atoms with Gasteiger partial charge in [0.05, 0.1) is 12.1 Å². The largest absolute Gasteiger partial charge is 0.456 e. The Labute approximate surface area is 168 Å². The molecule has 3 heterocycles. The van der Waals surface area contributed by atoms with Crippen molar-refractivity contribution in [2.24, 2.45) is 5.92 Å². The number of nitrogens with one attached hydrogen (secondary N) is 1. The average Bonchev–Trinajstić information content (AvgIpc) is 3.11. The topological polar surface area (TPSA) is 34.4 Å². The fraction of sp³-hybridized carbons (Fsp3) is 0.250. The van der Waals surface area contributed by atoms with Crippen LogP contribution in [0.1, 0.15) is 36.1 Å². The van der Waals surface area contributed by atoms with E-state index >= 15 is 0 Å². The summed E-state index contributed by atoms with van der Waals surface area (Å²) in [5.41, 5.74) is 5.45. The summed E-state index contributed by atoms with van der Waals surface area (Å²) in [4.78, 5) is 0. The first-order valence-corrected chi connectivity index (χ1v) is 10.2. The first kappa shape index (κ1) is 16.5. The second-order valence-corrected chi connectivity index (χ2v) is 8.24. The molecule has 1 aromatic heterocycles. The summed E-state index contributed by atoms with van der Waals surface area (Å²) >= 11 is 6.28. The second-order valence-electron chi connectivity index (χ2n) is 7.80. The van der Waals surface area contributed by atoms with E-state index in [0.29, 0.717) is 5.92 Å². The number of benzene rings is 3. The van der Waals surface area contributed by atoms with Crippen molar-refractivity contribution in [2.75, 3.05) is 11.9 Å². The number of hydrogen-bond donors (Lipinski definition) is 1. The average molecular weight is 390 g/mol. The lowest BCUT2D eigenvalue weighted by molar-refractivity contribution is -0.0381. The van der Waals surface area contributed by atoms with Crippen LogP contribution in [0, 0.1) is 5.92 Å². The highest BCUT2D eigenvalue weighted by Crippen LogP contribution is 2.50. The van der Waals surface area contributed by atoms with E-state index in [0.717, 1.165) is 41.3 Å². The summed E-state index contributed by atoms with van der Waals surface area (Å²) in [6.45, 7) is 0.811. The van der Waals surface area contributed by atoms with Crippen molar-refractivity contribution in [1.82, 2.24) is 0 Å². The molecule has 3 nitrogen and oxygen atoms in total. The fourth-order valence-electron chi connectivity index (χ4n) is 4.91. The van der Waals surface area contributed by atoms with Gasteiger partial charge in [0.25, 0.3) is 0 Å². The number of ether oxygens (including phenoxy) is 1. The van der Waals surface area contributed by atoms with Gasteiger partial charge in [-0.15, -0.1) is 0 Å².